The van der Waals surface area contributed by atoms with Gasteiger partial charge in [-0.1, -0.05) is 19.9 Å². The Labute approximate surface area is 156 Å². The molecule has 0 radical (unpaired) electrons. The summed E-state index contributed by atoms with van der Waals surface area (Å²) in [6.45, 7) is 7.76. The maximum Gasteiger partial charge on any atom is 0.128 e. The number of nitrogen functional groups attached to an aromatic ring is 1. The minimum atomic E-state index is 0.490. The number of piperidine rings is 1. The SMILES string of the molecule is COc1cc(-c2cccc(N)n2)c(OC)cc1CN1CC(C)CC(C)C1. The van der Waals surface area contributed by atoms with Crippen LogP contribution in [0.3, 0.4) is 0 Å². The summed E-state index contributed by atoms with van der Waals surface area (Å²) in [4.78, 5) is 6.93. The highest BCUT2D eigenvalue weighted by molar-refractivity contribution is 5.71. The quantitative estimate of drug-likeness (QED) is 0.883. The fourth-order valence-corrected chi connectivity index (χ4v) is 4.05. The Balaban J connectivity index is 1.94. The normalized spacial score (nSPS) is 20.8. The zero-order valence-corrected chi connectivity index (χ0v) is 16.2. The largest absolute Gasteiger partial charge is 0.496 e. The Kier molecular flexibility index (Phi) is 5.67. The number of nitrogens with two attached hydrogens (primary N) is 1. The van der Waals surface area contributed by atoms with Gasteiger partial charge in [0.05, 0.1) is 19.9 Å². The van der Waals surface area contributed by atoms with Crippen molar-refractivity contribution in [1.82, 2.24) is 9.88 Å². The first kappa shape index (κ1) is 18.5. The fraction of sp³-hybridized carbons (Fsp3) is 0.476. The maximum atomic E-state index is 5.85. The number of pyridine rings is 1. The van der Waals surface area contributed by atoms with Crippen molar-refractivity contribution in [2.45, 2.75) is 26.8 Å². The summed E-state index contributed by atoms with van der Waals surface area (Å²) in [5.74, 6) is 3.58. The first-order valence-corrected chi connectivity index (χ1v) is 9.20. The molecule has 1 fully saturated rings. The lowest BCUT2D eigenvalue weighted by Crippen LogP contribution is -2.38. The van der Waals surface area contributed by atoms with Crippen molar-refractivity contribution >= 4 is 5.82 Å². The predicted octanol–water partition coefficient (Wildman–Crippen LogP) is 3.83. The van der Waals surface area contributed by atoms with Crippen LogP contribution in [0.25, 0.3) is 11.3 Å². The van der Waals surface area contributed by atoms with Gasteiger partial charge in [-0.05, 0) is 42.5 Å². The average Bonchev–Trinajstić information content (AvgIpc) is 2.60. The number of rotatable bonds is 5. The van der Waals surface area contributed by atoms with Crippen molar-refractivity contribution in [2.75, 3.05) is 33.0 Å². The second-order valence-electron chi connectivity index (χ2n) is 7.45. The van der Waals surface area contributed by atoms with Crippen LogP contribution in [0.15, 0.2) is 30.3 Å². The second kappa shape index (κ2) is 7.96. The van der Waals surface area contributed by atoms with Crippen LogP contribution in [0, 0.1) is 11.8 Å². The molecule has 1 aromatic heterocycles. The topological polar surface area (TPSA) is 60.6 Å². The number of ether oxygens (including phenoxy) is 2. The Hall–Kier alpha value is -2.27. The Morgan fingerprint density at radius 3 is 2.38 bits per heavy atom. The zero-order chi connectivity index (χ0) is 18.7. The molecule has 2 N–H and O–H groups in total. The van der Waals surface area contributed by atoms with Crippen LogP contribution in [0.2, 0.25) is 0 Å². The van der Waals surface area contributed by atoms with Crippen LogP contribution in [0.4, 0.5) is 5.82 Å². The molecule has 1 aromatic carbocycles. The number of hydrogen-bond acceptors (Lipinski definition) is 5. The summed E-state index contributed by atoms with van der Waals surface area (Å²) in [6, 6.07) is 9.69. The van der Waals surface area contributed by atoms with Gasteiger partial charge in [0.2, 0.25) is 0 Å². The summed E-state index contributed by atoms with van der Waals surface area (Å²) >= 11 is 0. The van der Waals surface area contributed by atoms with Gasteiger partial charge in [0.25, 0.3) is 0 Å². The average molecular weight is 355 g/mol. The highest BCUT2D eigenvalue weighted by Crippen LogP contribution is 2.36. The van der Waals surface area contributed by atoms with Gasteiger partial charge in [0.15, 0.2) is 0 Å². The van der Waals surface area contributed by atoms with E-state index in [0.717, 1.165) is 59.8 Å². The van der Waals surface area contributed by atoms with Crippen LogP contribution in [0.5, 0.6) is 11.5 Å². The first-order chi connectivity index (χ1) is 12.5. The van der Waals surface area contributed by atoms with Gasteiger partial charge < -0.3 is 15.2 Å². The van der Waals surface area contributed by atoms with Gasteiger partial charge in [-0.2, -0.15) is 0 Å². The molecule has 0 aliphatic carbocycles. The molecule has 1 aliphatic heterocycles. The molecule has 0 spiro atoms. The predicted molar refractivity (Wildman–Crippen MR) is 105 cm³/mol. The third-order valence-corrected chi connectivity index (χ3v) is 4.99. The van der Waals surface area contributed by atoms with E-state index in [1.807, 2.05) is 18.2 Å². The molecule has 2 unspecified atom stereocenters. The van der Waals surface area contributed by atoms with Gasteiger partial charge in [0, 0.05) is 30.8 Å². The fourth-order valence-electron chi connectivity index (χ4n) is 4.05. The van der Waals surface area contributed by atoms with E-state index in [9.17, 15) is 0 Å². The van der Waals surface area contributed by atoms with Crippen LogP contribution in [-0.2, 0) is 6.54 Å². The standard InChI is InChI=1S/C21H29N3O2/c1-14-8-15(2)12-24(11-14)13-16-9-20(26-4)17(10-19(16)25-3)18-6-5-7-21(22)23-18/h5-7,9-10,14-15H,8,11-13H2,1-4H3,(H2,22,23). The summed E-state index contributed by atoms with van der Waals surface area (Å²) in [5.41, 5.74) is 8.66. The van der Waals surface area contributed by atoms with Gasteiger partial charge in [0.1, 0.15) is 17.3 Å². The minimum Gasteiger partial charge on any atom is -0.496 e. The minimum absolute atomic E-state index is 0.490. The highest BCUT2D eigenvalue weighted by Gasteiger charge is 2.23. The first-order valence-electron chi connectivity index (χ1n) is 9.20. The molecular formula is C21H29N3O2. The van der Waals surface area contributed by atoms with E-state index in [1.54, 1.807) is 20.3 Å². The Morgan fingerprint density at radius 1 is 1.08 bits per heavy atom. The Bertz CT molecular complexity index is 753. The van der Waals surface area contributed by atoms with Crippen LogP contribution in [0.1, 0.15) is 25.8 Å². The number of hydrogen-bond donors (Lipinski definition) is 1. The zero-order valence-electron chi connectivity index (χ0n) is 16.2. The van der Waals surface area contributed by atoms with Crippen molar-refractivity contribution in [3.05, 3.63) is 35.9 Å². The lowest BCUT2D eigenvalue weighted by molar-refractivity contribution is 0.133. The molecule has 5 heteroatoms. The molecule has 1 aliphatic rings. The molecule has 1 saturated heterocycles. The number of aromatic nitrogens is 1. The summed E-state index contributed by atoms with van der Waals surface area (Å²) in [5, 5.41) is 0. The maximum absolute atomic E-state index is 5.85. The summed E-state index contributed by atoms with van der Waals surface area (Å²) in [7, 11) is 3.40. The lowest BCUT2D eigenvalue weighted by Gasteiger charge is -2.35. The van der Waals surface area contributed by atoms with Gasteiger partial charge in [-0.3, -0.25) is 4.90 Å². The molecule has 0 amide bonds. The molecule has 5 nitrogen and oxygen atoms in total. The van der Waals surface area contributed by atoms with Crippen LogP contribution >= 0.6 is 0 Å². The second-order valence-corrected chi connectivity index (χ2v) is 7.45. The summed E-state index contributed by atoms with van der Waals surface area (Å²) < 4.78 is 11.3. The molecule has 0 saturated carbocycles. The van der Waals surface area contributed by atoms with Gasteiger partial charge >= 0.3 is 0 Å². The molecule has 2 aromatic rings. The number of likely N-dealkylation sites (tertiary alicyclic amines) is 1. The molecule has 3 rings (SSSR count). The van der Waals surface area contributed by atoms with Crippen LogP contribution in [-0.4, -0.2) is 37.2 Å². The van der Waals surface area contributed by atoms with E-state index < -0.39 is 0 Å². The van der Waals surface area contributed by atoms with Crippen molar-refractivity contribution in [3.8, 4) is 22.8 Å². The number of anilines is 1. The molecular weight excluding hydrogens is 326 g/mol. The van der Waals surface area contributed by atoms with Crippen LogP contribution < -0.4 is 15.2 Å². The highest BCUT2D eigenvalue weighted by atomic mass is 16.5. The van der Waals surface area contributed by atoms with E-state index in [-0.39, 0.29) is 0 Å². The molecule has 0 bridgehead atoms. The molecule has 2 heterocycles. The van der Waals surface area contributed by atoms with Crippen molar-refractivity contribution < 1.29 is 9.47 Å². The van der Waals surface area contributed by atoms with Crippen molar-refractivity contribution in [2.24, 2.45) is 11.8 Å². The van der Waals surface area contributed by atoms with E-state index >= 15 is 0 Å². The van der Waals surface area contributed by atoms with E-state index in [4.69, 9.17) is 15.2 Å². The Morgan fingerprint density at radius 2 is 1.77 bits per heavy atom. The number of methoxy groups -OCH3 is 2. The molecule has 2 atom stereocenters. The third-order valence-electron chi connectivity index (χ3n) is 4.99. The van der Waals surface area contributed by atoms with Gasteiger partial charge in [-0.25, -0.2) is 4.98 Å². The number of nitrogens with zero attached hydrogens (tertiary/aromatic N) is 2. The third kappa shape index (κ3) is 4.10. The number of benzene rings is 1. The van der Waals surface area contributed by atoms with Gasteiger partial charge in [-0.15, -0.1) is 0 Å². The monoisotopic (exact) mass is 355 g/mol. The molecule has 140 valence electrons. The molecule has 26 heavy (non-hydrogen) atoms. The van der Waals surface area contributed by atoms with E-state index in [1.165, 1.54) is 6.42 Å². The lowest BCUT2D eigenvalue weighted by atomic mass is 9.91. The van der Waals surface area contributed by atoms with Crippen molar-refractivity contribution in [3.63, 3.8) is 0 Å². The van der Waals surface area contributed by atoms with E-state index in [0.29, 0.717) is 5.82 Å². The smallest absolute Gasteiger partial charge is 0.128 e. The van der Waals surface area contributed by atoms with E-state index in [2.05, 4.69) is 29.8 Å². The van der Waals surface area contributed by atoms with Crippen molar-refractivity contribution in [1.29, 1.82) is 0 Å². The summed E-state index contributed by atoms with van der Waals surface area (Å²) in [6.07, 6.45) is 1.30.